The van der Waals surface area contributed by atoms with E-state index in [1.54, 1.807) is 0 Å². The van der Waals surface area contributed by atoms with Gasteiger partial charge in [0.15, 0.2) is 0 Å². The molecule has 0 bridgehead atoms. The first-order valence-electron chi connectivity index (χ1n) is 5.07. The van der Waals surface area contributed by atoms with Crippen molar-refractivity contribution in [1.29, 1.82) is 0 Å². The summed E-state index contributed by atoms with van der Waals surface area (Å²) in [5.74, 6) is 0.717. The Balaban J connectivity index is 2.32. The second-order valence-electron chi connectivity index (χ2n) is 3.37. The molecule has 0 saturated heterocycles. The van der Waals surface area contributed by atoms with Crippen LogP contribution in [0.5, 0.6) is 5.75 Å². The maximum atomic E-state index is 10.6. The maximum Gasteiger partial charge on any atom is 0.264 e. The van der Waals surface area contributed by atoms with E-state index in [0.29, 0.717) is 5.75 Å². The molecule has 0 atom stereocenters. The monoisotopic (exact) mass is 244 g/mol. The number of benzene rings is 1. The van der Waals surface area contributed by atoms with Crippen LogP contribution >= 0.6 is 0 Å². The molecule has 0 amide bonds. The van der Waals surface area contributed by atoms with Crippen molar-refractivity contribution in [3.63, 3.8) is 0 Å². The van der Waals surface area contributed by atoms with Crippen LogP contribution < -0.4 is 4.74 Å². The maximum absolute atomic E-state index is 10.6. The van der Waals surface area contributed by atoms with Gasteiger partial charge in [-0.3, -0.25) is 4.18 Å². The molecule has 1 rings (SSSR count). The lowest BCUT2D eigenvalue weighted by atomic mass is 10.2. The van der Waals surface area contributed by atoms with Crippen LogP contribution in [0.4, 0.5) is 0 Å². The lowest BCUT2D eigenvalue weighted by Gasteiger charge is -2.06. The summed E-state index contributed by atoms with van der Waals surface area (Å²) in [6, 6.07) is 7.68. The minimum Gasteiger partial charge on any atom is -0.491 e. The smallest absolute Gasteiger partial charge is 0.264 e. The standard InChI is InChI=1S/C11H16O4S/c1-3-10-4-6-11(7-5-10)14-8-9-15-16(2,12)13/h4-7H,3,8-9H2,1-2H3. The molecule has 0 aliphatic heterocycles. The summed E-state index contributed by atoms with van der Waals surface area (Å²) in [5.41, 5.74) is 1.24. The zero-order chi connectivity index (χ0) is 12.0. The molecular formula is C11H16O4S. The molecule has 90 valence electrons. The highest BCUT2D eigenvalue weighted by molar-refractivity contribution is 7.85. The van der Waals surface area contributed by atoms with Gasteiger partial charge >= 0.3 is 0 Å². The average molecular weight is 244 g/mol. The van der Waals surface area contributed by atoms with Crippen LogP contribution in [-0.2, 0) is 20.7 Å². The van der Waals surface area contributed by atoms with E-state index in [1.165, 1.54) is 5.56 Å². The molecule has 16 heavy (non-hydrogen) atoms. The van der Waals surface area contributed by atoms with Crippen molar-refractivity contribution in [2.45, 2.75) is 13.3 Å². The lowest BCUT2D eigenvalue weighted by molar-refractivity contribution is 0.222. The van der Waals surface area contributed by atoms with Crippen LogP contribution in [0.2, 0.25) is 0 Å². The molecule has 1 aromatic rings. The fourth-order valence-corrected chi connectivity index (χ4v) is 1.54. The second kappa shape index (κ2) is 5.86. The van der Waals surface area contributed by atoms with E-state index in [1.807, 2.05) is 24.3 Å². The molecule has 0 saturated carbocycles. The number of rotatable bonds is 6. The summed E-state index contributed by atoms with van der Waals surface area (Å²) in [6.45, 7) is 2.34. The van der Waals surface area contributed by atoms with Crippen LogP contribution in [0.15, 0.2) is 24.3 Å². The first kappa shape index (κ1) is 13.0. The molecule has 1 aromatic carbocycles. The summed E-state index contributed by atoms with van der Waals surface area (Å²) in [7, 11) is -3.37. The quantitative estimate of drug-likeness (QED) is 0.563. The van der Waals surface area contributed by atoms with Gasteiger partial charge in [-0.1, -0.05) is 19.1 Å². The average Bonchev–Trinajstić information content (AvgIpc) is 2.24. The fraction of sp³-hybridized carbons (Fsp3) is 0.455. The predicted molar refractivity (Wildman–Crippen MR) is 62.1 cm³/mol. The number of ether oxygens (including phenoxy) is 1. The zero-order valence-corrected chi connectivity index (χ0v) is 10.3. The normalized spacial score (nSPS) is 11.4. The van der Waals surface area contributed by atoms with Gasteiger partial charge in [-0.05, 0) is 24.1 Å². The summed E-state index contributed by atoms with van der Waals surface area (Å²) in [4.78, 5) is 0. The van der Waals surface area contributed by atoms with Gasteiger partial charge in [0.1, 0.15) is 19.0 Å². The molecule has 0 aliphatic rings. The topological polar surface area (TPSA) is 52.6 Å². The largest absolute Gasteiger partial charge is 0.491 e. The molecule has 0 radical (unpaired) electrons. The second-order valence-corrected chi connectivity index (χ2v) is 5.02. The van der Waals surface area contributed by atoms with Gasteiger partial charge in [0.25, 0.3) is 10.1 Å². The summed E-state index contributed by atoms with van der Waals surface area (Å²) >= 11 is 0. The molecule has 0 aromatic heterocycles. The van der Waals surface area contributed by atoms with Crippen molar-refractivity contribution < 1.29 is 17.3 Å². The van der Waals surface area contributed by atoms with E-state index in [4.69, 9.17) is 4.74 Å². The SMILES string of the molecule is CCc1ccc(OCCOS(C)(=O)=O)cc1. The van der Waals surface area contributed by atoms with Crippen molar-refractivity contribution in [1.82, 2.24) is 0 Å². The lowest BCUT2D eigenvalue weighted by Crippen LogP contribution is -2.11. The van der Waals surface area contributed by atoms with Gasteiger partial charge in [0.2, 0.25) is 0 Å². The molecule has 0 fully saturated rings. The van der Waals surface area contributed by atoms with Gasteiger partial charge in [0.05, 0.1) is 6.26 Å². The molecule has 4 nitrogen and oxygen atoms in total. The molecule has 0 unspecified atom stereocenters. The fourth-order valence-electron chi connectivity index (χ4n) is 1.17. The Morgan fingerprint density at radius 2 is 1.75 bits per heavy atom. The number of hydrogen-bond donors (Lipinski definition) is 0. The summed E-state index contributed by atoms with van der Waals surface area (Å²) in [5, 5.41) is 0. The Hall–Kier alpha value is -1.07. The Bertz CT molecular complexity index is 408. The highest BCUT2D eigenvalue weighted by Crippen LogP contribution is 2.12. The van der Waals surface area contributed by atoms with E-state index < -0.39 is 10.1 Å². The third-order valence-electron chi connectivity index (χ3n) is 1.98. The van der Waals surface area contributed by atoms with Gasteiger partial charge in [-0.25, -0.2) is 0 Å². The van der Waals surface area contributed by atoms with Crippen molar-refractivity contribution in [3.8, 4) is 5.75 Å². The third-order valence-corrected chi connectivity index (χ3v) is 2.58. The highest BCUT2D eigenvalue weighted by Gasteiger charge is 2.01. The Labute approximate surface area is 96.3 Å². The van der Waals surface area contributed by atoms with Crippen molar-refractivity contribution in [3.05, 3.63) is 29.8 Å². The van der Waals surface area contributed by atoms with Crippen LogP contribution in [0.3, 0.4) is 0 Å². The third kappa shape index (κ3) is 5.14. The van der Waals surface area contributed by atoms with E-state index in [-0.39, 0.29) is 13.2 Å². The molecular weight excluding hydrogens is 228 g/mol. The summed E-state index contributed by atoms with van der Waals surface area (Å²) in [6.07, 6.45) is 2.00. The van der Waals surface area contributed by atoms with Crippen LogP contribution in [-0.4, -0.2) is 27.9 Å². The van der Waals surface area contributed by atoms with Gasteiger partial charge in [-0.2, -0.15) is 8.42 Å². The molecule has 0 heterocycles. The van der Waals surface area contributed by atoms with Crippen molar-refractivity contribution in [2.75, 3.05) is 19.5 Å². The first-order valence-corrected chi connectivity index (χ1v) is 6.89. The zero-order valence-electron chi connectivity index (χ0n) is 9.47. The summed E-state index contributed by atoms with van der Waals surface area (Å²) < 4.78 is 31.2. The van der Waals surface area contributed by atoms with E-state index in [0.717, 1.165) is 12.7 Å². The van der Waals surface area contributed by atoms with Gasteiger partial charge in [0, 0.05) is 0 Å². The predicted octanol–water partition coefficient (Wildman–Crippen LogP) is 1.60. The van der Waals surface area contributed by atoms with Gasteiger partial charge < -0.3 is 4.74 Å². The van der Waals surface area contributed by atoms with E-state index in [2.05, 4.69) is 11.1 Å². The van der Waals surface area contributed by atoms with Crippen LogP contribution in [0.1, 0.15) is 12.5 Å². The van der Waals surface area contributed by atoms with Crippen LogP contribution in [0.25, 0.3) is 0 Å². The molecule has 5 heteroatoms. The highest BCUT2D eigenvalue weighted by atomic mass is 32.2. The van der Waals surface area contributed by atoms with E-state index in [9.17, 15) is 8.42 Å². The molecule has 0 N–H and O–H groups in total. The van der Waals surface area contributed by atoms with Gasteiger partial charge in [-0.15, -0.1) is 0 Å². The number of hydrogen-bond acceptors (Lipinski definition) is 4. The van der Waals surface area contributed by atoms with Crippen LogP contribution in [0, 0.1) is 0 Å². The first-order chi connectivity index (χ1) is 7.51. The van der Waals surface area contributed by atoms with E-state index >= 15 is 0 Å². The number of aryl methyl sites for hydroxylation is 1. The molecule has 0 spiro atoms. The Kier molecular flexibility index (Phi) is 4.76. The van der Waals surface area contributed by atoms with Crippen molar-refractivity contribution in [2.24, 2.45) is 0 Å². The molecule has 0 aliphatic carbocycles. The minimum atomic E-state index is -3.37. The minimum absolute atomic E-state index is 0.0361. The Morgan fingerprint density at radius 3 is 2.25 bits per heavy atom. The Morgan fingerprint density at radius 1 is 1.12 bits per heavy atom. The van der Waals surface area contributed by atoms with Crippen molar-refractivity contribution >= 4 is 10.1 Å².